The zero-order valence-corrected chi connectivity index (χ0v) is 14.7. The van der Waals surface area contributed by atoms with Gasteiger partial charge in [0.15, 0.2) is 5.82 Å². The Bertz CT molecular complexity index is 687. The molecule has 2 aromatic rings. The molecule has 7 heteroatoms. The molecule has 0 radical (unpaired) electrons. The van der Waals surface area contributed by atoms with Gasteiger partial charge in [-0.15, -0.1) is 0 Å². The van der Waals surface area contributed by atoms with Crippen molar-refractivity contribution in [1.29, 1.82) is 0 Å². The molecule has 3 heterocycles. The Balaban J connectivity index is 1.49. The van der Waals surface area contributed by atoms with Crippen LogP contribution in [0.3, 0.4) is 0 Å². The summed E-state index contributed by atoms with van der Waals surface area (Å²) in [6.07, 6.45) is 5.69. The molecule has 1 atom stereocenters. The van der Waals surface area contributed by atoms with E-state index in [2.05, 4.69) is 15.1 Å². The Kier molecular flexibility index (Phi) is 5.75. The molecule has 2 aromatic heterocycles. The zero-order chi connectivity index (χ0) is 17.6. The first-order valence-corrected chi connectivity index (χ1v) is 8.72. The fourth-order valence-corrected chi connectivity index (χ4v) is 2.84. The third-order valence-electron chi connectivity index (χ3n) is 4.25. The summed E-state index contributed by atoms with van der Waals surface area (Å²) in [6.45, 7) is 5.70. The lowest BCUT2D eigenvalue weighted by Gasteiger charge is -2.32. The molecule has 1 fully saturated rings. The number of rotatable bonds is 6. The van der Waals surface area contributed by atoms with E-state index in [0.717, 1.165) is 24.9 Å². The Labute approximate surface area is 147 Å². The highest BCUT2D eigenvalue weighted by molar-refractivity contribution is 5.78. The molecule has 7 nitrogen and oxygen atoms in total. The van der Waals surface area contributed by atoms with Gasteiger partial charge in [-0.2, -0.15) is 4.98 Å². The highest BCUT2D eigenvalue weighted by Crippen LogP contribution is 2.17. The lowest BCUT2D eigenvalue weighted by molar-refractivity contribution is -0.135. The van der Waals surface area contributed by atoms with Crippen LogP contribution < -0.4 is 0 Å². The summed E-state index contributed by atoms with van der Waals surface area (Å²) in [5.74, 6) is 1.52. The molecule has 0 unspecified atom stereocenters. The predicted octanol–water partition coefficient (Wildman–Crippen LogP) is 2.34. The van der Waals surface area contributed by atoms with Gasteiger partial charge in [0, 0.05) is 31.4 Å². The summed E-state index contributed by atoms with van der Waals surface area (Å²) >= 11 is 0. The minimum Gasteiger partial charge on any atom is -0.367 e. The second kappa shape index (κ2) is 8.20. The molecule has 1 aliphatic rings. The highest BCUT2D eigenvalue weighted by Gasteiger charge is 2.25. The van der Waals surface area contributed by atoms with Crippen molar-refractivity contribution in [2.75, 3.05) is 13.1 Å². The predicted molar refractivity (Wildman–Crippen MR) is 90.7 cm³/mol. The Morgan fingerprint density at radius 2 is 2.36 bits per heavy atom. The molecular formula is C18H24N4O3. The standard InChI is InChI=1S/C18H24N4O3/c1-13(2)18-20-16(25-21-18)12-24-15-6-4-8-22(11-15)17(23)9-14-5-3-7-19-10-14/h3,5,7,10,13,15H,4,6,8-9,11-12H2,1-2H3/t15-/m0/s1. The Morgan fingerprint density at radius 3 is 3.08 bits per heavy atom. The molecule has 0 aromatic carbocycles. The van der Waals surface area contributed by atoms with Crippen LogP contribution in [0, 0.1) is 0 Å². The van der Waals surface area contributed by atoms with Crippen LogP contribution in [0.25, 0.3) is 0 Å². The van der Waals surface area contributed by atoms with E-state index < -0.39 is 0 Å². The van der Waals surface area contributed by atoms with Crippen LogP contribution in [0.4, 0.5) is 0 Å². The second-order valence-corrected chi connectivity index (χ2v) is 6.65. The van der Waals surface area contributed by atoms with Gasteiger partial charge in [-0.3, -0.25) is 9.78 Å². The first-order chi connectivity index (χ1) is 12.1. The number of likely N-dealkylation sites (tertiary alicyclic amines) is 1. The van der Waals surface area contributed by atoms with Gasteiger partial charge in [-0.05, 0) is 24.5 Å². The molecule has 0 N–H and O–H groups in total. The quantitative estimate of drug-likeness (QED) is 0.800. The first-order valence-electron chi connectivity index (χ1n) is 8.72. The fourth-order valence-electron chi connectivity index (χ4n) is 2.84. The van der Waals surface area contributed by atoms with Crippen LogP contribution in [0.2, 0.25) is 0 Å². The van der Waals surface area contributed by atoms with Crippen molar-refractivity contribution in [3.63, 3.8) is 0 Å². The van der Waals surface area contributed by atoms with Crippen molar-refractivity contribution in [3.05, 3.63) is 41.8 Å². The van der Waals surface area contributed by atoms with Crippen molar-refractivity contribution >= 4 is 5.91 Å². The van der Waals surface area contributed by atoms with Crippen molar-refractivity contribution in [1.82, 2.24) is 20.0 Å². The van der Waals surface area contributed by atoms with Crippen LogP contribution >= 0.6 is 0 Å². The van der Waals surface area contributed by atoms with E-state index in [1.807, 2.05) is 30.9 Å². The molecule has 0 bridgehead atoms. The third-order valence-corrected chi connectivity index (χ3v) is 4.25. The lowest BCUT2D eigenvalue weighted by Crippen LogP contribution is -2.43. The normalized spacial score (nSPS) is 17.9. The molecule has 25 heavy (non-hydrogen) atoms. The largest absolute Gasteiger partial charge is 0.367 e. The first kappa shape index (κ1) is 17.5. The average Bonchev–Trinajstić information content (AvgIpc) is 3.10. The van der Waals surface area contributed by atoms with E-state index in [1.54, 1.807) is 12.4 Å². The number of amides is 1. The van der Waals surface area contributed by atoms with Gasteiger partial charge in [-0.25, -0.2) is 0 Å². The van der Waals surface area contributed by atoms with E-state index in [1.165, 1.54) is 0 Å². The summed E-state index contributed by atoms with van der Waals surface area (Å²) < 4.78 is 11.1. The topological polar surface area (TPSA) is 81.4 Å². The number of hydrogen-bond donors (Lipinski definition) is 0. The zero-order valence-electron chi connectivity index (χ0n) is 14.7. The summed E-state index contributed by atoms with van der Waals surface area (Å²) in [7, 11) is 0. The number of pyridine rings is 1. The van der Waals surface area contributed by atoms with Crippen molar-refractivity contribution < 1.29 is 14.1 Å². The Morgan fingerprint density at radius 1 is 1.48 bits per heavy atom. The maximum Gasteiger partial charge on any atom is 0.252 e. The van der Waals surface area contributed by atoms with Gasteiger partial charge in [0.05, 0.1) is 12.5 Å². The lowest BCUT2D eigenvalue weighted by atomic mass is 10.1. The molecule has 1 aliphatic heterocycles. The number of nitrogens with zero attached hydrogens (tertiary/aromatic N) is 4. The van der Waals surface area contributed by atoms with Gasteiger partial charge in [0.25, 0.3) is 5.89 Å². The third kappa shape index (κ3) is 4.85. The van der Waals surface area contributed by atoms with Gasteiger partial charge >= 0.3 is 0 Å². The van der Waals surface area contributed by atoms with Crippen LogP contribution in [0.5, 0.6) is 0 Å². The van der Waals surface area contributed by atoms with Crippen LogP contribution in [-0.2, 0) is 22.6 Å². The van der Waals surface area contributed by atoms with Crippen molar-refractivity contribution in [3.8, 4) is 0 Å². The van der Waals surface area contributed by atoms with Gasteiger partial charge in [0.2, 0.25) is 5.91 Å². The summed E-state index contributed by atoms with van der Waals surface area (Å²) in [5.41, 5.74) is 0.933. The molecule has 0 saturated carbocycles. The smallest absolute Gasteiger partial charge is 0.252 e. The average molecular weight is 344 g/mol. The van der Waals surface area contributed by atoms with Crippen LogP contribution in [0.1, 0.15) is 49.9 Å². The number of carbonyl (C=O) groups is 1. The maximum atomic E-state index is 12.5. The number of hydrogen-bond acceptors (Lipinski definition) is 6. The van der Waals surface area contributed by atoms with Gasteiger partial charge in [0.1, 0.15) is 6.61 Å². The molecule has 0 aliphatic carbocycles. The molecule has 1 saturated heterocycles. The Hall–Kier alpha value is -2.28. The highest BCUT2D eigenvalue weighted by atomic mass is 16.5. The van der Waals surface area contributed by atoms with Crippen molar-refractivity contribution in [2.45, 2.75) is 51.7 Å². The number of aromatic nitrogens is 3. The van der Waals surface area contributed by atoms with Crippen LogP contribution in [-0.4, -0.2) is 45.1 Å². The van der Waals surface area contributed by atoms with E-state index in [0.29, 0.717) is 24.7 Å². The van der Waals surface area contributed by atoms with Gasteiger partial charge < -0.3 is 14.2 Å². The molecule has 0 spiro atoms. The SMILES string of the molecule is CC(C)c1noc(CO[C@H]2CCCN(C(=O)Cc3cccnc3)C2)n1. The number of ether oxygens (including phenoxy) is 1. The summed E-state index contributed by atoms with van der Waals surface area (Å²) in [5, 5.41) is 3.93. The molecule has 1 amide bonds. The van der Waals surface area contributed by atoms with E-state index in [9.17, 15) is 4.79 Å². The maximum absolute atomic E-state index is 12.5. The minimum absolute atomic E-state index is 0.000924. The monoisotopic (exact) mass is 344 g/mol. The van der Waals surface area contributed by atoms with E-state index in [4.69, 9.17) is 9.26 Å². The molecule has 3 rings (SSSR count). The summed E-state index contributed by atoms with van der Waals surface area (Å²) in [6, 6.07) is 3.77. The molecular weight excluding hydrogens is 320 g/mol. The van der Waals surface area contributed by atoms with Gasteiger partial charge in [-0.1, -0.05) is 25.1 Å². The molecule has 134 valence electrons. The summed E-state index contributed by atoms with van der Waals surface area (Å²) in [4.78, 5) is 22.7. The van der Waals surface area contributed by atoms with E-state index in [-0.39, 0.29) is 24.5 Å². The minimum atomic E-state index is 0.000924. The van der Waals surface area contributed by atoms with E-state index >= 15 is 0 Å². The number of carbonyl (C=O) groups excluding carboxylic acids is 1. The van der Waals surface area contributed by atoms with Crippen LogP contribution in [0.15, 0.2) is 29.0 Å². The number of piperidine rings is 1. The van der Waals surface area contributed by atoms with Crippen molar-refractivity contribution in [2.24, 2.45) is 0 Å². The fraction of sp³-hybridized carbons (Fsp3) is 0.556. The second-order valence-electron chi connectivity index (χ2n) is 6.65.